The van der Waals surface area contributed by atoms with Gasteiger partial charge in [-0.25, -0.2) is 4.79 Å². The Morgan fingerprint density at radius 3 is 2.70 bits per heavy atom. The van der Waals surface area contributed by atoms with Crippen LogP contribution in [-0.4, -0.2) is 34.0 Å². The molecule has 2 aromatic heterocycles. The summed E-state index contributed by atoms with van der Waals surface area (Å²) in [5.41, 5.74) is 1.27. The molecule has 0 unspecified atom stereocenters. The molecule has 11 heteroatoms. The monoisotopic (exact) mass is 468 g/mol. The van der Waals surface area contributed by atoms with E-state index in [-0.39, 0.29) is 28.7 Å². The number of esters is 1. The molecule has 0 bridgehead atoms. The average Bonchev–Trinajstić information content (AvgIpc) is 3.51. The SMILES string of the molecule is COC(=O)c1ccc(CN2C(=O)SC(=Cc3ccc(-c4cc([N+](=O)[O-])ccc4C)o3)C2=O)o1. The van der Waals surface area contributed by atoms with Gasteiger partial charge in [0, 0.05) is 23.8 Å². The summed E-state index contributed by atoms with van der Waals surface area (Å²) in [6.07, 6.45) is 1.43. The van der Waals surface area contributed by atoms with E-state index in [1.807, 2.05) is 0 Å². The lowest BCUT2D eigenvalue weighted by Gasteiger charge is -2.09. The number of hydrogen-bond acceptors (Lipinski definition) is 9. The van der Waals surface area contributed by atoms with Crippen molar-refractivity contribution < 1.29 is 32.9 Å². The van der Waals surface area contributed by atoms with Gasteiger partial charge in [-0.1, -0.05) is 6.07 Å². The molecular weight excluding hydrogens is 452 g/mol. The molecule has 0 N–H and O–H groups in total. The van der Waals surface area contributed by atoms with Crippen LogP contribution in [0.3, 0.4) is 0 Å². The Morgan fingerprint density at radius 2 is 1.97 bits per heavy atom. The minimum Gasteiger partial charge on any atom is -0.463 e. The molecule has 1 aliphatic heterocycles. The zero-order valence-electron chi connectivity index (χ0n) is 17.4. The number of benzene rings is 1. The Hall–Kier alpha value is -4.12. The van der Waals surface area contributed by atoms with Crippen molar-refractivity contribution in [2.75, 3.05) is 7.11 Å². The number of imide groups is 1. The maximum atomic E-state index is 12.7. The van der Waals surface area contributed by atoms with Crippen LogP contribution in [0.4, 0.5) is 10.5 Å². The summed E-state index contributed by atoms with van der Waals surface area (Å²) < 4.78 is 15.7. The van der Waals surface area contributed by atoms with E-state index < -0.39 is 22.0 Å². The third kappa shape index (κ3) is 4.44. The number of methoxy groups -OCH3 is 1. The van der Waals surface area contributed by atoms with Crippen molar-refractivity contribution >= 4 is 40.6 Å². The minimum atomic E-state index is -0.664. The number of rotatable bonds is 6. The van der Waals surface area contributed by atoms with Gasteiger partial charge < -0.3 is 13.6 Å². The molecule has 2 amide bonds. The van der Waals surface area contributed by atoms with Crippen molar-refractivity contribution in [2.45, 2.75) is 13.5 Å². The van der Waals surface area contributed by atoms with Gasteiger partial charge >= 0.3 is 5.97 Å². The molecule has 3 heterocycles. The lowest BCUT2D eigenvalue weighted by molar-refractivity contribution is -0.384. The van der Waals surface area contributed by atoms with Crippen molar-refractivity contribution in [3.63, 3.8) is 0 Å². The van der Waals surface area contributed by atoms with Gasteiger partial charge in [-0.2, -0.15) is 0 Å². The molecule has 1 saturated heterocycles. The summed E-state index contributed by atoms with van der Waals surface area (Å²) in [6.45, 7) is 1.65. The molecule has 33 heavy (non-hydrogen) atoms. The Balaban J connectivity index is 1.53. The number of hydrogen-bond donors (Lipinski definition) is 0. The number of furan rings is 2. The smallest absolute Gasteiger partial charge is 0.373 e. The van der Waals surface area contributed by atoms with Crippen molar-refractivity contribution in [1.82, 2.24) is 4.90 Å². The lowest BCUT2D eigenvalue weighted by atomic mass is 10.1. The first-order valence-corrected chi connectivity index (χ1v) is 10.4. The molecule has 1 fully saturated rings. The van der Waals surface area contributed by atoms with E-state index in [1.165, 1.54) is 37.5 Å². The summed E-state index contributed by atoms with van der Waals surface area (Å²) >= 11 is 0.744. The Bertz CT molecular complexity index is 1320. The van der Waals surface area contributed by atoms with E-state index in [0.717, 1.165) is 22.2 Å². The number of nitro groups is 1. The van der Waals surface area contributed by atoms with Crippen LogP contribution in [0.1, 0.15) is 27.6 Å². The summed E-state index contributed by atoms with van der Waals surface area (Å²) in [7, 11) is 1.21. The highest BCUT2D eigenvalue weighted by atomic mass is 32.2. The van der Waals surface area contributed by atoms with Crippen LogP contribution >= 0.6 is 11.8 Å². The van der Waals surface area contributed by atoms with Crippen LogP contribution < -0.4 is 0 Å². The van der Waals surface area contributed by atoms with E-state index in [2.05, 4.69) is 4.74 Å². The molecule has 0 atom stereocenters. The molecule has 168 valence electrons. The fourth-order valence-electron chi connectivity index (χ4n) is 3.16. The van der Waals surface area contributed by atoms with E-state index >= 15 is 0 Å². The van der Waals surface area contributed by atoms with Gasteiger partial charge in [0.25, 0.3) is 16.8 Å². The fraction of sp³-hybridized carbons (Fsp3) is 0.136. The number of nitro benzene ring substituents is 1. The normalized spacial score (nSPS) is 14.8. The highest BCUT2D eigenvalue weighted by molar-refractivity contribution is 8.18. The van der Waals surface area contributed by atoms with Crippen LogP contribution in [0.15, 0.2) is 56.2 Å². The summed E-state index contributed by atoms with van der Waals surface area (Å²) in [5, 5.41) is 10.6. The standard InChI is InChI=1S/C22H16N2O8S/c1-12-3-4-13(24(28)29)9-16(12)17-7-5-14(31-17)10-19-20(25)23(22(27)33-19)11-15-6-8-18(32-15)21(26)30-2/h3-10H,11H2,1-2H3. The van der Waals surface area contributed by atoms with Crippen LogP contribution in [0, 0.1) is 17.0 Å². The maximum absolute atomic E-state index is 12.7. The van der Waals surface area contributed by atoms with E-state index in [4.69, 9.17) is 8.83 Å². The quantitative estimate of drug-likeness (QED) is 0.217. The molecule has 0 spiro atoms. The molecule has 1 aromatic carbocycles. The van der Waals surface area contributed by atoms with Crippen LogP contribution in [0.2, 0.25) is 0 Å². The minimum absolute atomic E-state index is 0.0328. The van der Waals surface area contributed by atoms with Gasteiger partial charge in [0.05, 0.1) is 23.5 Å². The third-order valence-corrected chi connectivity index (χ3v) is 5.74. The van der Waals surface area contributed by atoms with Gasteiger partial charge in [0.2, 0.25) is 5.76 Å². The number of carbonyl (C=O) groups is 3. The molecule has 0 saturated carbocycles. The van der Waals surface area contributed by atoms with Gasteiger partial charge in [-0.15, -0.1) is 0 Å². The second-order valence-electron chi connectivity index (χ2n) is 6.98. The first kappa shape index (κ1) is 22.1. The number of amides is 2. The maximum Gasteiger partial charge on any atom is 0.373 e. The Kier molecular flexibility index (Phi) is 5.88. The van der Waals surface area contributed by atoms with Crippen molar-refractivity contribution in [2.24, 2.45) is 0 Å². The molecular formula is C22H16N2O8S. The van der Waals surface area contributed by atoms with Crippen LogP contribution in [0.5, 0.6) is 0 Å². The lowest BCUT2D eigenvalue weighted by Crippen LogP contribution is -2.27. The van der Waals surface area contributed by atoms with Gasteiger partial charge in [0.1, 0.15) is 17.3 Å². The van der Waals surface area contributed by atoms with Gasteiger partial charge in [-0.3, -0.25) is 24.6 Å². The summed E-state index contributed by atoms with van der Waals surface area (Å²) in [5.74, 6) is -0.275. The van der Waals surface area contributed by atoms with Crippen LogP contribution in [-0.2, 0) is 16.1 Å². The number of thioether (sulfide) groups is 1. The first-order chi connectivity index (χ1) is 15.8. The number of carbonyl (C=O) groups excluding carboxylic acids is 3. The second-order valence-corrected chi connectivity index (χ2v) is 7.98. The van der Waals surface area contributed by atoms with Gasteiger partial charge in [-0.05, 0) is 48.5 Å². The van der Waals surface area contributed by atoms with Crippen molar-refractivity contribution in [1.29, 1.82) is 0 Å². The topological polar surface area (TPSA) is 133 Å². The first-order valence-electron chi connectivity index (χ1n) is 9.54. The molecule has 0 aliphatic carbocycles. The number of ether oxygens (including phenoxy) is 1. The van der Waals surface area contributed by atoms with E-state index in [9.17, 15) is 24.5 Å². The molecule has 3 aromatic rings. The van der Waals surface area contributed by atoms with Crippen LogP contribution in [0.25, 0.3) is 17.4 Å². The number of non-ortho nitro benzene ring substituents is 1. The Morgan fingerprint density at radius 1 is 1.18 bits per heavy atom. The molecule has 10 nitrogen and oxygen atoms in total. The van der Waals surface area contributed by atoms with E-state index in [0.29, 0.717) is 17.1 Å². The highest BCUT2D eigenvalue weighted by Crippen LogP contribution is 2.35. The zero-order chi connectivity index (χ0) is 23.7. The predicted octanol–water partition coefficient (Wildman–Crippen LogP) is 4.78. The van der Waals surface area contributed by atoms with Crippen molar-refractivity contribution in [3.05, 3.63) is 80.3 Å². The average molecular weight is 468 g/mol. The van der Waals surface area contributed by atoms with Gasteiger partial charge in [0.15, 0.2) is 0 Å². The second kappa shape index (κ2) is 8.79. The van der Waals surface area contributed by atoms with E-state index in [1.54, 1.807) is 25.1 Å². The molecule has 0 radical (unpaired) electrons. The molecule has 1 aliphatic rings. The number of nitrogens with zero attached hydrogens (tertiary/aromatic N) is 2. The molecule has 4 rings (SSSR count). The Labute approximate surface area is 190 Å². The fourth-order valence-corrected chi connectivity index (χ4v) is 3.98. The zero-order valence-corrected chi connectivity index (χ0v) is 18.2. The largest absolute Gasteiger partial charge is 0.463 e. The predicted molar refractivity (Wildman–Crippen MR) is 117 cm³/mol. The third-order valence-electron chi connectivity index (χ3n) is 4.83. The number of aryl methyl sites for hydroxylation is 1. The summed E-state index contributed by atoms with van der Waals surface area (Å²) in [6, 6.07) is 10.6. The van der Waals surface area contributed by atoms with Crippen molar-refractivity contribution in [3.8, 4) is 11.3 Å². The summed E-state index contributed by atoms with van der Waals surface area (Å²) in [4.78, 5) is 48.3. The highest BCUT2D eigenvalue weighted by Gasteiger charge is 2.36.